The lowest BCUT2D eigenvalue weighted by molar-refractivity contribution is 0.200. The molecule has 2 aromatic rings. The molecule has 0 spiro atoms. The number of carbonyl (C=O) groups excluding carboxylic acids is 1. The molecule has 1 aliphatic heterocycles. The van der Waals surface area contributed by atoms with Crippen LogP contribution in [0.1, 0.15) is 24.8 Å². The van der Waals surface area contributed by atoms with Crippen LogP contribution in [0.15, 0.2) is 47.4 Å². The number of anilines is 1. The number of benzene rings is 2. The fraction of sp³-hybridized carbons (Fsp3) is 0.316. The third-order valence-electron chi connectivity index (χ3n) is 4.53. The first kappa shape index (κ1) is 20.9. The van der Waals surface area contributed by atoms with E-state index in [0.717, 1.165) is 32.4 Å². The summed E-state index contributed by atoms with van der Waals surface area (Å²) in [5.41, 5.74) is 1.18. The van der Waals surface area contributed by atoms with Crippen LogP contribution >= 0.6 is 23.2 Å². The number of nitrogens with zero attached hydrogens (tertiary/aromatic N) is 1. The number of carbonyl (C=O) groups is 1. The summed E-state index contributed by atoms with van der Waals surface area (Å²) in [7, 11) is -3.72. The summed E-state index contributed by atoms with van der Waals surface area (Å²) in [6.07, 6.45) is 3.16. The highest BCUT2D eigenvalue weighted by Crippen LogP contribution is 2.22. The summed E-state index contributed by atoms with van der Waals surface area (Å²) in [5.74, 6) is 0. The number of nitrogens with one attached hydrogen (secondary N) is 2. The largest absolute Gasteiger partial charge is 0.325 e. The number of amides is 2. The van der Waals surface area contributed by atoms with Gasteiger partial charge in [0.05, 0.1) is 4.90 Å². The lowest BCUT2D eigenvalue weighted by atomic mass is 10.1. The zero-order chi connectivity index (χ0) is 20.1. The third kappa shape index (κ3) is 5.38. The quantitative estimate of drug-likeness (QED) is 0.716. The van der Waals surface area contributed by atoms with Crippen molar-refractivity contribution in [3.63, 3.8) is 0 Å². The summed E-state index contributed by atoms with van der Waals surface area (Å²) >= 11 is 11.9. The van der Waals surface area contributed by atoms with Gasteiger partial charge in [0.15, 0.2) is 0 Å². The Balaban J connectivity index is 1.61. The van der Waals surface area contributed by atoms with Crippen LogP contribution in [-0.2, 0) is 16.6 Å². The number of piperidine rings is 1. The summed E-state index contributed by atoms with van der Waals surface area (Å²) in [4.78, 5) is 14.1. The molecule has 0 unspecified atom stereocenters. The van der Waals surface area contributed by atoms with Crippen molar-refractivity contribution >= 4 is 44.9 Å². The van der Waals surface area contributed by atoms with Crippen molar-refractivity contribution in [1.29, 1.82) is 0 Å². The van der Waals surface area contributed by atoms with Gasteiger partial charge in [0, 0.05) is 35.4 Å². The molecule has 6 nitrogen and oxygen atoms in total. The van der Waals surface area contributed by atoms with Gasteiger partial charge in [0.25, 0.3) is 0 Å². The van der Waals surface area contributed by atoms with E-state index in [1.54, 1.807) is 35.2 Å². The predicted octanol–water partition coefficient (Wildman–Crippen LogP) is 4.49. The molecule has 2 N–H and O–H groups in total. The molecule has 2 aromatic carbocycles. The SMILES string of the molecule is O=C(Nc1ccc(S(=O)(=O)NCc2ccc(Cl)cc2Cl)cc1)N1CCCCC1. The number of hydrogen-bond donors (Lipinski definition) is 2. The Kier molecular flexibility index (Phi) is 6.82. The van der Waals surface area contributed by atoms with Crippen molar-refractivity contribution in [2.24, 2.45) is 0 Å². The normalized spacial score (nSPS) is 14.7. The molecular formula is C19H21Cl2N3O3S. The molecule has 0 aromatic heterocycles. The van der Waals surface area contributed by atoms with E-state index >= 15 is 0 Å². The average molecular weight is 442 g/mol. The molecule has 9 heteroatoms. The molecule has 0 bridgehead atoms. The molecule has 1 heterocycles. The van der Waals surface area contributed by atoms with Crippen molar-refractivity contribution in [3.05, 3.63) is 58.1 Å². The fourth-order valence-electron chi connectivity index (χ4n) is 2.94. The van der Waals surface area contributed by atoms with Crippen LogP contribution in [0.4, 0.5) is 10.5 Å². The molecule has 0 radical (unpaired) electrons. The van der Waals surface area contributed by atoms with E-state index in [0.29, 0.717) is 21.3 Å². The molecule has 1 fully saturated rings. The predicted molar refractivity (Wildman–Crippen MR) is 111 cm³/mol. The molecule has 0 aliphatic carbocycles. The maximum absolute atomic E-state index is 12.5. The number of urea groups is 1. The minimum absolute atomic E-state index is 0.0474. The van der Waals surface area contributed by atoms with Crippen LogP contribution in [0, 0.1) is 0 Å². The van der Waals surface area contributed by atoms with Crippen molar-refractivity contribution in [2.45, 2.75) is 30.7 Å². The fourth-order valence-corrected chi connectivity index (χ4v) is 4.42. The molecule has 1 saturated heterocycles. The molecule has 1 aliphatic rings. The van der Waals surface area contributed by atoms with E-state index in [1.165, 1.54) is 12.1 Å². The third-order valence-corrected chi connectivity index (χ3v) is 6.53. The van der Waals surface area contributed by atoms with Crippen molar-refractivity contribution in [2.75, 3.05) is 18.4 Å². The minimum Gasteiger partial charge on any atom is -0.325 e. The van der Waals surface area contributed by atoms with Gasteiger partial charge in [-0.05, 0) is 61.2 Å². The summed E-state index contributed by atoms with van der Waals surface area (Å²) < 4.78 is 27.5. The Hall–Kier alpha value is -1.80. The van der Waals surface area contributed by atoms with E-state index < -0.39 is 10.0 Å². The smallest absolute Gasteiger partial charge is 0.321 e. The zero-order valence-electron chi connectivity index (χ0n) is 15.1. The number of sulfonamides is 1. The molecule has 150 valence electrons. The van der Waals surface area contributed by atoms with Gasteiger partial charge in [-0.3, -0.25) is 0 Å². The second-order valence-electron chi connectivity index (χ2n) is 6.56. The molecule has 2 amide bonds. The van der Waals surface area contributed by atoms with E-state index in [4.69, 9.17) is 23.2 Å². The standard InChI is InChI=1S/C19H21Cl2N3O3S/c20-15-5-4-14(18(21)12-15)13-22-28(26,27)17-8-6-16(7-9-17)23-19(25)24-10-2-1-3-11-24/h4-9,12,22H,1-3,10-11,13H2,(H,23,25). The maximum Gasteiger partial charge on any atom is 0.321 e. The lowest BCUT2D eigenvalue weighted by Crippen LogP contribution is -2.38. The lowest BCUT2D eigenvalue weighted by Gasteiger charge is -2.26. The van der Waals surface area contributed by atoms with Gasteiger partial charge in [-0.2, -0.15) is 0 Å². The number of likely N-dealkylation sites (tertiary alicyclic amines) is 1. The second kappa shape index (κ2) is 9.13. The van der Waals surface area contributed by atoms with E-state index in [9.17, 15) is 13.2 Å². The van der Waals surface area contributed by atoms with Crippen LogP contribution in [0.25, 0.3) is 0 Å². The minimum atomic E-state index is -3.72. The van der Waals surface area contributed by atoms with Crippen LogP contribution in [0.2, 0.25) is 10.0 Å². The van der Waals surface area contributed by atoms with E-state index in [2.05, 4.69) is 10.0 Å². The Labute approximate surface area is 174 Å². The number of halogens is 2. The van der Waals surface area contributed by atoms with Crippen molar-refractivity contribution in [3.8, 4) is 0 Å². The highest BCUT2D eigenvalue weighted by Gasteiger charge is 2.18. The van der Waals surface area contributed by atoms with Crippen molar-refractivity contribution < 1.29 is 13.2 Å². The Bertz CT molecular complexity index is 943. The molecular weight excluding hydrogens is 421 g/mol. The second-order valence-corrected chi connectivity index (χ2v) is 9.17. The monoisotopic (exact) mass is 441 g/mol. The van der Waals surface area contributed by atoms with Gasteiger partial charge in [0.2, 0.25) is 10.0 Å². The van der Waals surface area contributed by atoms with Gasteiger partial charge in [-0.1, -0.05) is 29.3 Å². The Morgan fingerprint density at radius 1 is 1.00 bits per heavy atom. The Morgan fingerprint density at radius 3 is 2.32 bits per heavy atom. The first-order chi connectivity index (χ1) is 13.3. The van der Waals surface area contributed by atoms with Crippen LogP contribution in [0.5, 0.6) is 0 Å². The topological polar surface area (TPSA) is 78.5 Å². The number of rotatable bonds is 5. The molecule has 0 atom stereocenters. The number of hydrogen-bond acceptors (Lipinski definition) is 3. The maximum atomic E-state index is 12.5. The molecule has 0 saturated carbocycles. The molecule has 3 rings (SSSR count). The zero-order valence-corrected chi connectivity index (χ0v) is 17.4. The first-order valence-corrected chi connectivity index (χ1v) is 11.2. The van der Waals surface area contributed by atoms with Gasteiger partial charge >= 0.3 is 6.03 Å². The average Bonchev–Trinajstić information content (AvgIpc) is 2.68. The van der Waals surface area contributed by atoms with E-state index in [1.807, 2.05) is 0 Å². The van der Waals surface area contributed by atoms with E-state index in [-0.39, 0.29) is 17.5 Å². The summed E-state index contributed by atoms with van der Waals surface area (Å²) in [6, 6.07) is 10.8. The van der Waals surface area contributed by atoms with Gasteiger partial charge in [-0.25, -0.2) is 17.9 Å². The van der Waals surface area contributed by atoms with Gasteiger partial charge in [-0.15, -0.1) is 0 Å². The van der Waals surface area contributed by atoms with Crippen molar-refractivity contribution in [1.82, 2.24) is 9.62 Å². The van der Waals surface area contributed by atoms with Gasteiger partial charge < -0.3 is 10.2 Å². The summed E-state index contributed by atoms with van der Waals surface area (Å²) in [6.45, 7) is 1.54. The summed E-state index contributed by atoms with van der Waals surface area (Å²) in [5, 5.41) is 3.68. The van der Waals surface area contributed by atoms with Crippen LogP contribution in [0.3, 0.4) is 0 Å². The van der Waals surface area contributed by atoms with Crippen LogP contribution < -0.4 is 10.0 Å². The Morgan fingerprint density at radius 2 is 1.68 bits per heavy atom. The van der Waals surface area contributed by atoms with Gasteiger partial charge in [0.1, 0.15) is 0 Å². The highest BCUT2D eigenvalue weighted by molar-refractivity contribution is 7.89. The first-order valence-electron chi connectivity index (χ1n) is 8.95. The van der Waals surface area contributed by atoms with Crippen LogP contribution in [-0.4, -0.2) is 32.4 Å². The highest BCUT2D eigenvalue weighted by atomic mass is 35.5. The molecule has 28 heavy (non-hydrogen) atoms.